The van der Waals surface area contributed by atoms with Crippen LogP contribution in [0.1, 0.15) is 39.5 Å². The van der Waals surface area contributed by atoms with E-state index in [4.69, 9.17) is 4.74 Å². The van der Waals surface area contributed by atoms with E-state index in [0.717, 1.165) is 37.4 Å². The average molecular weight is 257 g/mol. The predicted molar refractivity (Wildman–Crippen MR) is 71.4 cm³/mol. The molecule has 2 rings (SSSR count). The van der Waals surface area contributed by atoms with Crippen LogP contribution in [0.5, 0.6) is 0 Å². The highest BCUT2D eigenvalue weighted by Crippen LogP contribution is 2.39. The van der Waals surface area contributed by atoms with Crippen LogP contribution in [0.2, 0.25) is 0 Å². The van der Waals surface area contributed by atoms with E-state index in [0.29, 0.717) is 5.92 Å². The Labute approximate surface area is 108 Å². The van der Waals surface area contributed by atoms with Gasteiger partial charge >= 0.3 is 6.09 Å². The summed E-state index contributed by atoms with van der Waals surface area (Å²) >= 11 is 1.91. The van der Waals surface area contributed by atoms with Crippen molar-refractivity contribution in [3.8, 4) is 0 Å². The molecule has 0 spiro atoms. The number of rotatable bonds is 2. The van der Waals surface area contributed by atoms with E-state index >= 15 is 0 Å². The molecular formula is C13H23NO2S. The Morgan fingerprint density at radius 3 is 2.35 bits per heavy atom. The second kappa shape index (κ2) is 5.51. The summed E-state index contributed by atoms with van der Waals surface area (Å²) in [6.45, 7) is 6.03. The van der Waals surface area contributed by atoms with Crippen LogP contribution in [-0.4, -0.2) is 41.2 Å². The molecule has 1 aliphatic heterocycles. The molecule has 3 nitrogen and oxygen atoms in total. The van der Waals surface area contributed by atoms with Crippen LogP contribution in [0.3, 0.4) is 0 Å². The summed E-state index contributed by atoms with van der Waals surface area (Å²) in [6.07, 6.45) is 4.39. The molecule has 0 atom stereocenters. The standard InChI is InChI=1S/C13H23NO2S/c1-11(2)13(5-3-4-6-13)16-12(15)14-7-9-17-10-8-14/h11H,3-10H2,1-2H3. The Morgan fingerprint density at radius 1 is 1.24 bits per heavy atom. The Hall–Kier alpha value is -0.380. The van der Waals surface area contributed by atoms with E-state index in [-0.39, 0.29) is 11.7 Å². The van der Waals surface area contributed by atoms with Crippen LogP contribution < -0.4 is 0 Å². The highest BCUT2D eigenvalue weighted by Gasteiger charge is 2.41. The molecule has 0 aromatic rings. The Balaban J connectivity index is 1.95. The van der Waals surface area contributed by atoms with Gasteiger partial charge in [-0.25, -0.2) is 4.79 Å². The smallest absolute Gasteiger partial charge is 0.410 e. The van der Waals surface area contributed by atoms with Crippen molar-refractivity contribution in [3.63, 3.8) is 0 Å². The fourth-order valence-corrected chi connectivity index (χ4v) is 3.66. The molecule has 1 heterocycles. The zero-order valence-corrected chi connectivity index (χ0v) is 11.7. The van der Waals surface area contributed by atoms with Crippen LogP contribution in [0.15, 0.2) is 0 Å². The van der Waals surface area contributed by atoms with Gasteiger partial charge in [0.25, 0.3) is 0 Å². The Kier molecular flexibility index (Phi) is 4.23. The van der Waals surface area contributed by atoms with Gasteiger partial charge in [-0.2, -0.15) is 11.8 Å². The number of hydrogen-bond donors (Lipinski definition) is 0. The first-order valence-corrected chi connectivity index (χ1v) is 7.85. The summed E-state index contributed by atoms with van der Waals surface area (Å²) in [5, 5.41) is 0. The zero-order valence-electron chi connectivity index (χ0n) is 10.9. The van der Waals surface area contributed by atoms with Gasteiger partial charge in [-0.1, -0.05) is 13.8 Å². The van der Waals surface area contributed by atoms with Crippen molar-refractivity contribution in [2.45, 2.75) is 45.1 Å². The molecule has 1 amide bonds. The van der Waals surface area contributed by atoms with Crippen molar-refractivity contribution in [2.75, 3.05) is 24.6 Å². The number of carbonyl (C=O) groups is 1. The fourth-order valence-electron chi connectivity index (χ4n) is 2.76. The molecule has 98 valence electrons. The first kappa shape index (κ1) is 13.1. The molecule has 0 radical (unpaired) electrons. The van der Waals surface area contributed by atoms with Crippen molar-refractivity contribution in [3.05, 3.63) is 0 Å². The van der Waals surface area contributed by atoms with Crippen molar-refractivity contribution >= 4 is 17.9 Å². The van der Waals surface area contributed by atoms with E-state index in [1.165, 1.54) is 12.8 Å². The number of thioether (sulfide) groups is 1. The van der Waals surface area contributed by atoms with Gasteiger partial charge in [-0.15, -0.1) is 0 Å². The molecule has 2 fully saturated rings. The normalized spacial score (nSPS) is 24.1. The zero-order chi connectivity index (χ0) is 12.3. The summed E-state index contributed by atoms with van der Waals surface area (Å²) in [5.41, 5.74) is -0.179. The highest BCUT2D eigenvalue weighted by molar-refractivity contribution is 7.99. The van der Waals surface area contributed by atoms with E-state index in [9.17, 15) is 4.79 Å². The van der Waals surface area contributed by atoms with E-state index in [1.807, 2.05) is 16.7 Å². The van der Waals surface area contributed by atoms with Crippen LogP contribution >= 0.6 is 11.8 Å². The van der Waals surface area contributed by atoms with Gasteiger partial charge in [-0.05, 0) is 31.6 Å². The van der Waals surface area contributed by atoms with Crippen LogP contribution in [-0.2, 0) is 4.74 Å². The minimum atomic E-state index is -0.179. The van der Waals surface area contributed by atoms with Gasteiger partial charge in [0, 0.05) is 24.6 Å². The largest absolute Gasteiger partial charge is 0.443 e. The summed E-state index contributed by atoms with van der Waals surface area (Å²) in [7, 11) is 0. The number of carbonyl (C=O) groups excluding carboxylic acids is 1. The van der Waals surface area contributed by atoms with Gasteiger partial charge in [0.2, 0.25) is 0 Å². The number of amides is 1. The lowest BCUT2D eigenvalue weighted by Crippen LogP contribution is -2.45. The summed E-state index contributed by atoms with van der Waals surface area (Å²) in [6, 6.07) is 0. The number of ether oxygens (including phenoxy) is 1. The van der Waals surface area contributed by atoms with Crippen LogP contribution in [0.4, 0.5) is 4.79 Å². The Bertz CT molecular complexity index is 269. The van der Waals surface area contributed by atoms with Gasteiger partial charge in [0.1, 0.15) is 5.60 Å². The minimum absolute atomic E-state index is 0.0825. The lowest BCUT2D eigenvalue weighted by molar-refractivity contribution is -0.0349. The van der Waals surface area contributed by atoms with Crippen LogP contribution in [0.25, 0.3) is 0 Å². The molecule has 0 bridgehead atoms. The third-order valence-corrected chi connectivity index (χ3v) is 5.00. The molecule has 4 heteroatoms. The molecule has 0 N–H and O–H groups in total. The van der Waals surface area contributed by atoms with E-state index in [2.05, 4.69) is 13.8 Å². The van der Waals surface area contributed by atoms with Gasteiger partial charge in [0.05, 0.1) is 0 Å². The van der Waals surface area contributed by atoms with Crippen molar-refractivity contribution in [1.82, 2.24) is 4.90 Å². The molecule has 17 heavy (non-hydrogen) atoms. The van der Waals surface area contributed by atoms with E-state index in [1.54, 1.807) is 0 Å². The molecule has 2 aliphatic rings. The lowest BCUT2D eigenvalue weighted by Gasteiger charge is -2.36. The molecular weight excluding hydrogens is 234 g/mol. The summed E-state index contributed by atoms with van der Waals surface area (Å²) < 4.78 is 5.88. The molecule has 0 aromatic heterocycles. The molecule has 0 aromatic carbocycles. The maximum absolute atomic E-state index is 12.2. The number of nitrogens with zero attached hydrogens (tertiary/aromatic N) is 1. The second-order valence-corrected chi connectivity index (χ2v) is 6.62. The van der Waals surface area contributed by atoms with Crippen LogP contribution in [0, 0.1) is 5.92 Å². The molecule has 1 aliphatic carbocycles. The maximum Gasteiger partial charge on any atom is 0.410 e. The van der Waals surface area contributed by atoms with Gasteiger partial charge < -0.3 is 9.64 Å². The second-order valence-electron chi connectivity index (χ2n) is 5.39. The summed E-state index contributed by atoms with van der Waals surface area (Å²) in [4.78, 5) is 14.0. The third kappa shape index (κ3) is 2.90. The quantitative estimate of drug-likeness (QED) is 0.761. The van der Waals surface area contributed by atoms with Gasteiger partial charge in [-0.3, -0.25) is 0 Å². The van der Waals surface area contributed by atoms with E-state index < -0.39 is 0 Å². The SMILES string of the molecule is CC(C)C1(OC(=O)N2CCSCC2)CCCC1. The fraction of sp³-hybridized carbons (Fsp3) is 0.923. The molecule has 1 saturated carbocycles. The average Bonchev–Trinajstić information content (AvgIpc) is 2.80. The van der Waals surface area contributed by atoms with Crippen molar-refractivity contribution in [1.29, 1.82) is 0 Å². The lowest BCUT2D eigenvalue weighted by atomic mass is 9.88. The molecule has 0 unspecified atom stereocenters. The molecule has 1 saturated heterocycles. The first-order valence-electron chi connectivity index (χ1n) is 6.70. The minimum Gasteiger partial charge on any atom is -0.443 e. The maximum atomic E-state index is 12.2. The van der Waals surface area contributed by atoms with Gasteiger partial charge in [0.15, 0.2) is 0 Å². The van der Waals surface area contributed by atoms with Crippen molar-refractivity contribution in [2.24, 2.45) is 5.92 Å². The summed E-state index contributed by atoms with van der Waals surface area (Å²) in [5.74, 6) is 2.52. The Morgan fingerprint density at radius 2 is 1.82 bits per heavy atom. The predicted octanol–water partition coefficient (Wildman–Crippen LogP) is 3.14. The van der Waals surface area contributed by atoms with Crippen molar-refractivity contribution < 1.29 is 9.53 Å². The third-order valence-electron chi connectivity index (χ3n) is 4.06. The highest BCUT2D eigenvalue weighted by atomic mass is 32.2. The number of hydrogen-bond acceptors (Lipinski definition) is 3. The topological polar surface area (TPSA) is 29.5 Å². The first-order chi connectivity index (χ1) is 8.14. The monoisotopic (exact) mass is 257 g/mol.